The fourth-order valence-electron chi connectivity index (χ4n) is 2.19. The Bertz CT molecular complexity index is 546. The van der Waals surface area contributed by atoms with E-state index < -0.39 is 0 Å². The molecule has 0 saturated heterocycles. The van der Waals surface area contributed by atoms with Gasteiger partial charge in [0.25, 0.3) is 0 Å². The Balaban J connectivity index is 2.08. The lowest BCUT2D eigenvalue weighted by molar-refractivity contribution is 0.589. The number of hydrogen-bond acceptors (Lipinski definition) is 2. The lowest BCUT2D eigenvalue weighted by Gasteiger charge is -2.19. The monoisotopic (exact) mass is 271 g/mol. The Hall–Kier alpha value is -1.61. The highest BCUT2D eigenvalue weighted by molar-refractivity contribution is 5.27. The van der Waals surface area contributed by atoms with E-state index in [2.05, 4.69) is 57.1 Å². The molecule has 0 spiro atoms. The number of benzene rings is 1. The first-order chi connectivity index (χ1) is 9.40. The van der Waals surface area contributed by atoms with Crippen molar-refractivity contribution < 1.29 is 0 Å². The summed E-state index contributed by atoms with van der Waals surface area (Å²) in [5.41, 5.74) is 9.94. The van der Waals surface area contributed by atoms with E-state index in [0.29, 0.717) is 0 Å². The van der Waals surface area contributed by atoms with Crippen molar-refractivity contribution in [1.29, 1.82) is 0 Å². The van der Waals surface area contributed by atoms with Gasteiger partial charge >= 0.3 is 0 Å². The van der Waals surface area contributed by atoms with E-state index in [0.717, 1.165) is 18.5 Å². The topological polar surface area (TPSA) is 43.8 Å². The minimum absolute atomic E-state index is 0.0898. The number of rotatable bonds is 4. The van der Waals surface area contributed by atoms with E-state index in [9.17, 15) is 0 Å². The van der Waals surface area contributed by atoms with Gasteiger partial charge in [-0.15, -0.1) is 0 Å². The first kappa shape index (κ1) is 14.8. The molecule has 108 valence electrons. The van der Waals surface area contributed by atoms with E-state index in [4.69, 9.17) is 5.73 Å². The Labute approximate surface area is 121 Å². The van der Waals surface area contributed by atoms with Gasteiger partial charge in [-0.05, 0) is 23.0 Å². The van der Waals surface area contributed by atoms with Crippen LogP contribution in [0.15, 0.2) is 36.7 Å². The van der Waals surface area contributed by atoms with Gasteiger partial charge in [0, 0.05) is 17.8 Å². The molecule has 0 fully saturated rings. The second kappa shape index (κ2) is 5.80. The largest absolute Gasteiger partial charge is 0.324 e. The Kier molecular flexibility index (Phi) is 4.29. The Morgan fingerprint density at radius 1 is 1.20 bits per heavy atom. The van der Waals surface area contributed by atoms with Gasteiger partial charge in [-0.25, -0.2) is 0 Å². The second-order valence-electron chi connectivity index (χ2n) is 6.43. The molecular weight excluding hydrogens is 246 g/mol. The summed E-state index contributed by atoms with van der Waals surface area (Å²) < 4.78 is 1.96. The maximum atomic E-state index is 6.02. The van der Waals surface area contributed by atoms with Crippen LogP contribution in [0.4, 0.5) is 0 Å². The zero-order chi connectivity index (χ0) is 14.8. The van der Waals surface area contributed by atoms with E-state index in [1.807, 2.05) is 17.1 Å². The van der Waals surface area contributed by atoms with Crippen LogP contribution in [0.1, 0.15) is 56.8 Å². The first-order valence-corrected chi connectivity index (χ1v) is 7.27. The van der Waals surface area contributed by atoms with E-state index in [-0.39, 0.29) is 11.5 Å². The third kappa shape index (κ3) is 3.48. The summed E-state index contributed by atoms with van der Waals surface area (Å²) in [6.07, 6.45) is 4.86. The number of hydrogen-bond donors (Lipinski definition) is 1. The molecule has 0 bridgehead atoms. The average molecular weight is 271 g/mol. The molecule has 1 aromatic heterocycles. The number of aromatic nitrogens is 2. The Morgan fingerprint density at radius 2 is 1.85 bits per heavy atom. The molecule has 3 nitrogen and oxygen atoms in total. The highest BCUT2D eigenvalue weighted by Crippen LogP contribution is 2.22. The first-order valence-electron chi connectivity index (χ1n) is 7.27. The lowest BCUT2D eigenvalue weighted by atomic mass is 9.87. The summed E-state index contributed by atoms with van der Waals surface area (Å²) in [7, 11) is 0. The van der Waals surface area contributed by atoms with Crippen molar-refractivity contribution in [2.45, 2.75) is 52.1 Å². The summed E-state index contributed by atoms with van der Waals surface area (Å²) in [6, 6.07) is 8.87. The summed E-state index contributed by atoms with van der Waals surface area (Å²) >= 11 is 0. The van der Waals surface area contributed by atoms with Crippen LogP contribution in [0.5, 0.6) is 0 Å². The zero-order valence-electron chi connectivity index (χ0n) is 12.9. The fraction of sp³-hybridized carbons (Fsp3) is 0.471. The van der Waals surface area contributed by atoms with Crippen LogP contribution in [0, 0.1) is 0 Å². The molecule has 0 aliphatic carbocycles. The lowest BCUT2D eigenvalue weighted by Crippen LogP contribution is -2.11. The highest BCUT2D eigenvalue weighted by Gasteiger charge is 2.13. The van der Waals surface area contributed by atoms with Gasteiger partial charge in [-0.3, -0.25) is 4.68 Å². The van der Waals surface area contributed by atoms with Gasteiger partial charge in [0.1, 0.15) is 0 Å². The molecule has 1 heterocycles. The molecule has 1 aromatic carbocycles. The van der Waals surface area contributed by atoms with Crippen LogP contribution >= 0.6 is 0 Å². The van der Waals surface area contributed by atoms with Crippen LogP contribution < -0.4 is 5.73 Å². The van der Waals surface area contributed by atoms with Crippen molar-refractivity contribution in [3.63, 3.8) is 0 Å². The number of nitrogens with zero attached hydrogens (tertiary/aromatic N) is 2. The molecule has 1 atom stereocenters. The molecule has 2 aromatic rings. The van der Waals surface area contributed by atoms with Crippen molar-refractivity contribution >= 4 is 0 Å². The summed E-state index contributed by atoms with van der Waals surface area (Å²) in [4.78, 5) is 0. The summed E-state index contributed by atoms with van der Waals surface area (Å²) in [6.45, 7) is 9.57. The average Bonchev–Trinajstić information content (AvgIpc) is 2.86. The molecule has 3 heteroatoms. The maximum Gasteiger partial charge on any atom is 0.0659 e. The van der Waals surface area contributed by atoms with Crippen LogP contribution in [-0.2, 0) is 12.0 Å². The molecule has 0 saturated carbocycles. The van der Waals surface area contributed by atoms with Crippen molar-refractivity contribution in [3.05, 3.63) is 53.3 Å². The zero-order valence-corrected chi connectivity index (χ0v) is 12.9. The van der Waals surface area contributed by atoms with Gasteiger partial charge in [-0.2, -0.15) is 5.10 Å². The van der Waals surface area contributed by atoms with Crippen LogP contribution in [0.25, 0.3) is 0 Å². The van der Waals surface area contributed by atoms with Crippen LogP contribution in [-0.4, -0.2) is 9.78 Å². The molecule has 2 rings (SSSR count). The van der Waals surface area contributed by atoms with Gasteiger partial charge in [0.2, 0.25) is 0 Å². The smallest absolute Gasteiger partial charge is 0.0659 e. The van der Waals surface area contributed by atoms with Crippen LogP contribution in [0.3, 0.4) is 0 Å². The number of nitrogens with two attached hydrogens (primary N) is 1. The second-order valence-corrected chi connectivity index (χ2v) is 6.43. The molecule has 0 radical (unpaired) electrons. The molecule has 0 amide bonds. The molecule has 20 heavy (non-hydrogen) atoms. The predicted octanol–water partition coefficient (Wildman–Crippen LogP) is 3.64. The molecular formula is C17H25N3. The predicted molar refractivity (Wildman–Crippen MR) is 83.7 cm³/mol. The molecule has 0 aliphatic heterocycles. The van der Waals surface area contributed by atoms with E-state index >= 15 is 0 Å². The normalized spacial score (nSPS) is 13.4. The SMILES string of the molecule is CCC(N)c1cnn(Cc2ccc(C(C)(C)C)cc2)c1. The highest BCUT2D eigenvalue weighted by atomic mass is 15.3. The van der Waals surface area contributed by atoms with Crippen molar-refractivity contribution in [2.24, 2.45) is 5.73 Å². The summed E-state index contributed by atoms with van der Waals surface area (Å²) in [5.74, 6) is 0. The van der Waals surface area contributed by atoms with Gasteiger partial charge in [0.15, 0.2) is 0 Å². The van der Waals surface area contributed by atoms with Gasteiger partial charge in [-0.1, -0.05) is 52.0 Å². The molecule has 0 aliphatic rings. The summed E-state index contributed by atoms with van der Waals surface area (Å²) in [5, 5.41) is 4.39. The Morgan fingerprint density at radius 3 is 2.40 bits per heavy atom. The molecule has 1 unspecified atom stereocenters. The van der Waals surface area contributed by atoms with E-state index in [1.54, 1.807) is 0 Å². The standard InChI is InChI=1S/C17H25N3/c1-5-16(18)14-10-19-20(12-14)11-13-6-8-15(9-7-13)17(2,3)4/h6-10,12,16H,5,11,18H2,1-4H3. The van der Waals surface area contributed by atoms with Crippen molar-refractivity contribution in [1.82, 2.24) is 9.78 Å². The van der Waals surface area contributed by atoms with Crippen molar-refractivity contribution in [2.75, 3.05) is 0 Å². The van der Waals surface area contributed by atoms with Crippen molar-refractivity contribution in [3.8, 4) is 0 Å². The minimum atomic E-state index is 0.0898. The third-order valence-electron chi connectivity index (χ3n) is 3.69. The maximum absolute atomic E-state index is 6.02. The molecule has 2 N–H and O–H groups in total. The quantitative estimate of drug-likeness (QED) is 0.922. The van der Waals surface area contributed by atoms with Crippen LogP contribution in [0.2, 0.25) is 0 Å². The minimum Gasteiger partial charge on any atom is -0.324 e. The van der Waals surface area contributed by atoms with Gasteiger partial charge in [0.05, 0.1) is 12.7 Å². The fourth-order valence-corrected chi connectivity index (χ4v) is 2.19. The van der Waals surface area contributed by atoms with Gasteiger partial charge < -0.3 is 5.73 Å². The third-order valence-corrected chi connectivity index (χ3v) is 3.69. The van der Waals surface area contributed by atoms with E-state index in [1.165, 1.54) is 11.1 Å².